The van der Waals surface area contributed by atoms with Crippen LogP contribution >= 0.6 is 0 Å². The van der Waals surface area contributed by atoms with Crippen molar-refractivity contribution in [1.82, 2.24) is 15.1 Å². The zero-order valence-electron chi connectivity index (χ0n) is 11.0. The molecule has 7 heteroatoms. The van der Waals surface area contributed by atoms with Crippen molar-refractivity contribution in [2.75, 3.05) is 13.1 Å². The molecule has 1 saturated heterocycles. The van der Waals surface area contributed by atoms with Gasteiger partial charge in [-0.1, -0.05) is 13.8 Å². The van der Waals surface area contributed by atoms with Gasteiger partial charge in [0, 0.05) is 12.6 Å². The number of hydrogen-bond acceptors (Lipinski definition) is 4. The van der Waals surface area contributed by atoms with E-state index in [4.69, 9.17) is 0 Å². The van der Waals surface area contributed by atoms with Crippen LogP contribution < -0.4 is 5.32 Å². The van der Waals surface area contributed by atoms with Gasteiger partial charge in [-0.05, 0) is 18.8 Å². The molecule has 1 aliphatic heterocycles. The highest BCUT2D eigenvalue weighted by atomic mass is 16.2. The van der Waals surface area contributed by atoms with Crippen molar-refractivity contribution >= 4 is 23.8 Å². The molecule has 1 N–H and O–H groups in total. The topological polar surface area (TPSA) is 86.8 Å². The molecule has 19 heavy (non-hydrogen) atoms. The van der Waals surface area contributed by atoms with Crippen molar-refractivity contribution in [2.24, 2.45) is 5.92 Å². The third-order valence-electron chi connectivity index (χ3n) is 2.93. The molecule has 0 aromatic rings. The molecule has 5 amide bonds. The van der Waals surface area contributed by atoms with E-state index in [-0.39, 0.29) is 25.0 Å². The van der Waals surface area contributed by atoms with Crippen LogP contribution in [-0.2, 0) is 14.4 Å². The fourth-order valence-corrected chi connectivity index (χ4v) is 1.86. The minimum absolute atomic E-state index is 0.0703. The number of nitrogens with zero attached hydrogens (tertiary/aromatic N) is 2. The summed E-state index contributed by atoms with van der Waals surface area (Å²) in [5, 5.41) is 2.68. The third kappa shape index (κ3) is 2.91. The van der Waals surface area contributed by atoms with Crippen LogP contribution in [0.2, 0.25) is 0 Å². The molecule has 0 bridgehead atoms. The molecule has 1 aliphatic carbocycles. The first-order valence-corrected chi connectivity index (χ1v) is 6.37. The number of carbonyl (C=O) groups excluding carboxylic acids is 4. The summed E-state index contributed by atoms with van der Waals surface area (Å²) in [4.78, 5) is 48.5. The Hall–Kier alpha value is -1.92. The van der Waals surface area contributed by atoms with Crippen molar-refractivity contribution in [3.8, 4) is 0 Å². The summed E-state index contributed by atoms with van der Waals surface area (Å²) in [6.07, 6.45) is 1.85. The summed E-state index contributed by atoms with van der Waals surface area (Å²) in [6, 6.07) is -0.544. The van der Waals surface area contributed by atoms with Crippen LogP contribution in [0, 0.1) is 5.92 Å². The number of hydrogen-bond donors (Lipinski definition) is 1. The van der Waals surface area contributed by atoms with Crippen LogP contribution in [0.4, 0.5) is 4.79 Å². The molecule has 1 heterocycles. The SMILES string of the molecule is CC(C)CN1C(=O)C(=O)N(CC(=O)NC2CC2)C1=O. The first kappa shape index (κ1) is 13.5. The minimum atomic E-state index is -0.920. The molecule has 0 aromatic heterocycles. The number of urea groups is 1. The van der Waals surface area contributed by atoms with E-state index in [2.05, 4.69) is 5.32 Å². The van der Waals surface area contributed by atoms with E-state index in [0.717, 1.165) is 17.7 Å². The van der Waals surface area contributed by atoms with Gasteiger partial charge in [-0.2, -0.15) is 0 Å². The van der Waals surface area contributed by atoms with Crippen LogP contribution in [0.3, 0.4) is 0 Å². The number of rotatable bonds is 5. The largest absolute Gasteiger partial charge is 0.352 e. The molecule has 0 aromatic carbocycles. The predicted molar refractivity (Wildman–Crippen MR) is 64.8 cm³/mol. The van der Waals surface area contributed by atoms with E-state index in [1.165, 1.54) is 0 Å². The molecule has 0 atom stereocenters. The minimum Gasteiger partial charge on any atom is -0.352 e. The average molecular weight is 267 g/mol. The van der Waals surface area contributed by atoms with Gasteiger partial charge in [0.15, 0.2) is 0 Å². The number of carbonyl (C=O) groups is 4. The van der Waals surface area contributed by atoms with E-state index in [1.807, 2.05) is 13.8 Å². The van der Waals surface area contributed by atoms with E-state index >= 15 is 0 Å². The molecule has 2 aliphatic rings. The molecule has 0 radical (unpaired) electrons. The standard InChI is InChI=1S/C12H17N3O4/c1-7(2)5-14-10(17)11(18)15(12(14)19)6-9(16)13-8-3-4-8/h7-8H,3-6H2,1-2H3,(H,13,16). The lowest BCUT2D eigenvalue weighted by molar-refractivity contribution is -0.144. The second kappa shape index (κ2) is 4.99. The Morgan fingerprint density at radius 2 is 1.79 bits per heavy atom. The highest BCUT2D eigenvalue weighted by molar-refractivity contribution is 6.45. The summed E-state index contributed by atoms with van der Waals surface area (Å²) < 4.78 is 0. The smallest absolute Gasteiger partial charge is 0.334 e. The normalized spacial score (nSPS) is 19.6. The number of nitrogens with one attached hydrogen (secondary N) is 1. The van der Waals surface area contributed by atoms with Crippen molar-refractivity contribution < 1.29 is 19.2 Å². The first-order valence-electron chi connectivity index (χ1n) is 6.37. The highest BCUT2D eigenvalue weighted by Gasteiger charge is 2.45. The van der Waals surface area contributed by atoms with E-state index in [0.29, 0.717) is 4.90 Å². The van der Waals surface area contributed by atoms with Gasteiger partial charge in [-0.3, -0.25) is 19.3 Å². The third-order valence-corrected chi connectivity index (χ3v) is 2.93. The lowest BCUT2D eigenvalue weighted by Crippen LogP contribution is -2.42. The second-order valence-electron chi connectivity index (χ2n) is 5.33. The Balaban J connectivity index is 2.00. The molecule has 2 rings (SSSR count). The fraction of sp³-hybridized carbons (Fsp3) is 0.667. The maximum Gasteiger partial charge on any atom is 0.334 e. The second-order valence-corrected chi connectivity index (χ2v) is 5.33. The number of imide groups is 2. The summed E-state index contributed by atoms with van der Waals surface area (Å²) in [5.74, 6) is -2.10. The Morgan fingerprint density at radius 3 is 2.32 bits per heavy atom. The van der Waals surface area contributed by atoms with Gasteiger partial charge in [0.2, 0.25) is 5.91 Å². The van der Waals surface area contributed by atoms with Gasteiger partial charge < -0.3 is 5.32 Å². The molecule has 2 fully saturated rings. The summed E-state index contributed by atoms with van der Waals surface area (Å²) in [6.45, 7) is 3.49. The van der Waals surface area contributed by atoms with E-state index in [1.54, 1.807) is 0 Å². The Bertz CT molecular complexity index is 442. The van der Waals surface area contributed by atoms with Gasteiger partial charge in [-0.15, -0.1) is 0 Å². The molecule has 0 unspecified atom stereocenters. The quantitative estimate of drug-likeness (QED) is 0.548. The summed E-state index contributed by atoms with van der Waals surface area (Å²) in [5.41, 5.74) is 0. The van der Waals surface area contributed by atoms with Gasteiger partial charge in [0.1, 0.15) is 6.54 Å². The zero-order valence-corrected chi connectivity index (χ0v) is 11.0. The van der Waals surface area contributed by atoms with Gasteiger partial charge >= 0.3 is 17.8 Å². The maximum atomic E-state index is 11.9. The van der Waals surface area contributed by atoms with Gasteiger partial charge in [-0.25, -0.2) is 9.69 Å². The molecule has 7 nitrogen and oxygen atoms in total. The molecule has 104 valence electrons. The van der Waals surface area contributed by atoms with Crippen LogP contribution in [-0.4, -0.2) is 52.7 Å². The number of amides is 5. The van der Waals surface area contributed by atoms with Crippen LogP contribution in [0.25, 0.3) is 0 Å². The average Bonchev–Trinajstić information content (AvgIpc) is 3.10. The molecular formula is C12H17N3O4. The Morgan fingerprint density at radius 1 is 1.21 bits per heavy atom. The van der Waals surface area contributed by atoms with Crippen LogP contribution in [0.1, 0.15) is 26.7 Å². The maximum absolute atomic E-state index is 11.9. The summed E-state index contributed by atoms with van der Waals surface area (Å²) >= 11 is 0. The monoisotopic (exact) mass is 267 g/mol. The van der Waals surface area contributed by atoms with E-state index < -0.39 is 23.8 Å². The van der Waals surface area contributed by atoms with Crippen LogP contribution in [0.15, 0.2) is 0 Å². The molecule has 1 saturated carbocycles. The lowest BCUT2D eigenvalue weighted by Gasteiger charge is -2.16. The van der Waals surface area contributed by atoms with Crippen molar-refractivity contribution in [3.05, 3.63) is 0 Å². The zero-order chi connectivity index (χ0) is 14.2. The predicted octanol–water partition coefficient (Wildman–Crippen LogP) is -0.288. The molecular weight excluding hydrogens is 250 g/mol. The highest BCUT2D eigenvalue weighted by Crippen LogP contribution is 2.19. The van der Waals surface area contributed by atoms with Crippen LogP contribution in [0.5, 0.6) is 0 Å². The lowest BCUT2D eigenvalue weighted by atomic mass is 10.2. The van der Waals surface area contributed by atoms with Crippen molar-refractivity contribution in [3.63, 3.8) is 0 Å². The fourth-order valence-electron chi connectivity index (χ4n) is 1.86. The van der Waals surface area contributed by atoms with Crippen molar-refractivity contribution in [1.29, 1.82) is 0 Å². The van der Waals surface area contributed by atoms with Gasteiger partial charge in [0.05, 0.1) is 0 Å². The molecule has 0 spiro atoms. The van der Waals surface area contributed by atoms with E-state index in [9.17, 15) is 19.2 Å². The Labute approximate surface area is 110 Å². The first-order chi connectivity index (χ1) is 8.90. The summed E-state index contributed by atoms with van der Waals surface area (Å²) in [7, 11) is 0. The Kier molecular flexibility index (Phi) is 3.55. The van der Waals surface area contributed by atoms with Gasteiger partial charge in [0.25, 0.3) is 0 Å². The van der Waals surface area contributed by atoms with Crippen molar-refractivity contribution in [2.45, 2.75) is 32.7 Å².